The highest BCUT2D eigenvalue weighted by Crippen LogP contribution is 2.39. The molecule has 27 heavy (non-hydrogen) atoms. The average Bonchev–Trinajstić information content (AvgIpc) is 2.97. The smallest absolute Gasteiger partial charge is 0.280 e. The highest BCUT2D eigenvalue weighted by Gasteiger charge is 2.26. The summed E-state index contributed by atoms with van der Waals surface area (Å²) >= 11 is 1.53. The van der Waals surface area contributed by atoms with E-state index in [0.717, 1.165) is 29.7 Å². The number of quaternary nitrogens is 1. The van der Waals surface area contributed by atoms with Gasteiger partial charge in [0.1, 0.15) is 11.1 Å². The molecule has 1 saturated heterocycles. The van der Waals surface area contributed by atoms with Gasteiger partial charge in [-0.25, -0.2) is 0 Å². The summed E-state index contributed by atoms with van der Waals surface area (Å²) in [6, 6.07) is 2.27. The number of morpholine rings is 1. The van der Waals surface area contributed by atoms with Gasteiger partial charge in [-0.2, -0.15) is 5.26 Å². The lowest BCUT2D eigenvalue weighted by Crippen LogP contribution is -3.11. The Morgan fingerprint density at radius 2 is 2.11 bits per heavy atom. The molecule has 2 heterocycles. The van der Waals surface area contributed by atoms with Gasteiger partial charge in [0.25, 0.3) is 11.8 Å². The van der Waals surface area contributed by atoms with E-state index in [2.05, 4.69) is 18.3 Å². The van der Waals surface area contributed by atoms with Crippen LogP contribution in [0.25, 0.3) is 0 Å². The molecule has 7 nitrogen and oxygen atoms in total. The highest BCUT2D eigenvalue weighted by molar-refractivity contribution is 7.16. The monoisotopic (exact) mass is 391 g/mol. The third kappa shape index (κ3) is 4.86. The number of nitriles is 1. The Labute approximate surface area is 163 Å². The lowest BCUT2D eigenvalue weighted by Gasteiger charge is -2.27. The average molecular weight is 392 g/mol. The summed E-state index contributed by atoms with van der Waals surface area (Å²) in [6.45, 7) is 5.06. The number of rotatable bonds is 5. The van der Waals surface area contributed by atoms with Gasteiger partial charge in [0.15, 0.2) is 13.1 Å². The van der Waals surface area contributed by atoms with Crippen LogP contribution in [0.15, 0.2) is 0 Å². The summed E-state index contributed by atoms with van der Waals surface area (Å²) in [5, 5.41) is 13.1. The van der Waals surface area contributed by atoms with Gasteiger partial charge < -0.3 is 19.9 Å². The summed E-state index contributed by atoms with van der Waals surface area (Å²) in [5.41, 5.74) is 1.73. The van der Waals surface area contributed by atoms with Crippen LogP contribution < -0.4 is 10.2 Å². The summed E-state index contributed by atoms with van der Waals surface area (Å²) in [4.78, 5) is 28.6. The number of nitrogens with one attached hydrogen (secondary N) is 2. The molecule has 2 aliphatic rings. The van der Waals surface area contributed by atoms with Crippen LogP contribution >= 0.6 is 11.3 Å². The van der Waals surface area contributed by atoms with Gasteiger partial charge in [0.2, 0.25) is 0 Å². The van der Waals surface area contributed by atoms with Crippen molar-refractivity contribution in [1.82, 2.24) is 4.90 Å². The van der Waals surface area contributed by atoms with E-state index < -0.39 is 0 Å². The van der Waals surface area contributed by atoms with Gasteiger partial charge in [-0.15, -0.1) is 11.3 Å². The number of likely N-dealkylation sites (N-methyl/N-ethyl adjacent to an activating group) is 1. The first-order valence-corrected chi connectivity index (χ1v) is 10.3. The molecule has 3 rings (SSSR count). The fourth-order valence-corrected chi connectivity index (χ4v) is 5.02. The predicted molar refractivity (Wildman–Crippen MR) is 103 cm³/mol. The maximum absolute atomic E-state index is 12.4. The van der Waals surface area contributed by atoms with Crippen molar-refractivity contribution in [1.29, 1.82) is 5.26 Å². The molecule has 1 aliphatic carbocycles. The minimum atomic E-state index is -0.162. The molecular formula is C19H27N4O3S+. The molecule has 0 saturated carbocycles. The largest absolute Gasteiger partial charge is 0.378 e. The Balaban J connectivity index is 1.56. The van der Waals surface area contributed by atoms with Crippen LogP contribution in [0.3, 0.4) is 0 Å². The maximum Gasteiger partial charge on any atom is 0.280 e. The topological polar surface area (TPSA) is 86.9 Å². The SMILES string of the molecule is C[C@H]1CCc2c(sc(NC(=O)C[NH+](C)CC(=O)N3CCOCC3)c2C#N)C1. The summed E-state index contributed by atoms with van der Waals surface area (Å²) in [7, 11) is 1.84. The normalized spacial score (nSPS) is 20.5. The number of nitrogens with zero attached hydrogens (tertiary/aromatic N) is 2. The van der Waals surface area contributed by atoms with Gasteiger partial charge in [-0.3, -0.25) is 9.59 Å². The number of amides is 2. The second-order valence-electron chi connectivity index (χ2n) is 7.52. The number of thiophene rings is 1. The Bertz CT molecular complexity index is 749. The second kappa shape index (κ2) is 8.83. The van der Waals surface area contributed by atoms with E-state index in [-0.39, 0.29) is 24.9 Å². The Morgan fingerprint density at radius 3 is 2.81 bits per heavy atom. The number of carbonyl (C=O) groups excluding carboxylic acids is 2. The van der Waals surface area contributed by atoms with Crippen molar-refractivity contribution in [3.8, 4) is 6.07 Å². The first-order chi connectivity index (χ1) is 13.0. The van der Waals surface area contributed by atoms with Crippen LogP contribution in [-0.4, -0.2) is 63.2 Å². The number of hydrogen-bond acceptors (Lipinski definition) is 5. The third-order valence-corrected chi connectivity index (χ3v) is 6.33. The number of ether oxygens (including phenoxy) is 1. The van der Waals surface area contributed by atoms with Gasteiger partial charge in [-0.1, -0.05) is 6.92 Å². The first-order valence-electron chi connectivity index (χ1n) is 9.49. The van der Waals surface area contributed by atoms with Crippen molar-refractivity contribution in [2.75, 3.05) is 51.8 Å². The fourth-order valence-electron chi connectivity index (χ4n) is 3.65. The first kappa shape index (κ1) is 19.8. The molecule has 0 radical (unpaired) electrons. The lowest BCUT2D eigenvalue weighted by molar-refractivity contribution is -0.862. The molecule has 2 N–H and O–H groups in total. The molecule has 1 unspecified atom stereocenters. The standard InChI is InChI=1S/C19H26N4O3S/c1-13-3-4-14-15(10-20)19(27-16(14)9-13)21-17(24)11-22(2)12-18(25)23-5-7-26-8-6-23/h13H,3-9,11-12H2,1-2H3,(H,21,24)/p+1/t13-/m0/s1. The molecule has 2 amide bonds. The van der Waals surface area contributed by atoms with Crippen LogP contribution in [-0.2, 0) is 27.2 Å². The number of fused-ring (bicyclic) bond motifs is 1. The van der Waals surface area contributed by atoms with Crippen LogP contribution in [0, 0.1) is 17.2 Å². The van der Waals surface area contributed by atoms with Crippen LogP contribution in [0.2, 0.25) is 0 Å². The van der Waals surface area contributed by atoms with Crippen molar-refractivity contribution in [3.63, 3.8) is 0 Å². The summed E-state index contributed by atoms with van der Waals surface area (Å²) in [6.07, 6.45) is 2.97. The van der Waals surface area contributed by atoms with Gasteiger partial charge in [0.05, 0.1) is 25.8 Å². The zero-order valence-electron chi connectivity index (χ0n) is 16.0. The zero-order valence-corrected chi connectivity index (χ0v) is 16.8. The van der Waals surface area contributed by atoms with E-state index in [1.807, 2.05) is 7.05 Å². The quantitative estimate of drug-likeness (QED) is 0.743. The van der Waals surface area contributed by atoms with Crippen molar-refractivity contribution in [3.05, 3.63) is 16.0 Å². The molecule has 8 heteroatoms. The number of anilines is 1. The van der Waals surface area contributed by atoms with Crippen molar-refractivity contribution >= 4 is 28.2 Å². The van der Waals surface area contributed by atoms with E-state index >= 15 is 0 Å². The van der Waals surface area contributed by atoms with Gasteiger partial charge >= 0.3 is 0 Å². The lowest BCUT2D eigenvalue weighted by atomic mass is 9.89. The van der Waals surface area contributed by atoms with Crippen LogP contribution in [0.4, 0.5) is 5.00 Å². The fraction of sp³-hybridized carbons (Fsp3) is 0.632. The van der Waals surface area contributed by atoms with E-state index in [4.69, 9.17) is 4.74 Å². The molecule has 2 atom stereocenters. The van der Waals surface area contributed by atoms with E-state index in [1.165, 1.54) is 16.2 Å². The van der Waals surface area contributed by atoms with Crippen LogP contribution in [0.5, 0.6) is 0 Å². The molecule has 146 valence electrons. The number of carbonyl (C=O) groups is 2. The molecule has 1 fully saturated rings. The van der Waals surface area contributed by atoms with Gasteiger partial charge in [0, 0.05) is 18.0 Å². The minimum Gasteiger partial charge on any atom is -0.378 e. The molecule has 1 aromatic rings. The molecule has 1 aliphatic heterocycles. The third-order valence-electron chi connectivity index (χ3n) is 5.16. The highest BCUT2D eigenvalue weighted by atomic mass is 32.1. The van der Waals surface area contributed by atoms with Crippen molar-refractivity contribution < 1.29 is 19.2 Å². The Hall–Kier alpha value is -1.95. The second-order valence-corrected chi connectivity index (χ2v) is 8.62. The number of hydrogen-bond donors (Lipinski definition) is 2. The van der Waals surface area contributed by atoms with Crippen LogP contribution in [0.1, 0.15) is 29.3 Å². The molecule has 0 aromatic carbocycles. The minimum absolute atomic E-state index is 0.0434. The Morgan fingerprint density at radius 1 is 1.37 bits per heavy atom. The predicted octanol–water partition coefficient (Wildman–Crippen LogP) is 0.0566. The van der Waals surface area contributed by atoms with E-state index in [9.17, 15) is 14.9 Å². The van der Waals surface area contributed by atoms with Crippen molar-refractivity contribution in [2.45, 2.75) is 26.2 Å². The van der Waals surface area contributed by atoms with Crippen molar-refractivity contribution in [2.24, 2.45) is 5.92 Å². The Kier molecular flexibility index (Phi) is 6.47. The maximum atomic E-state index is 12.4. The summed E-state index contributed by atoms with van der Waals surface area (Å²) < 4.78 is 5.26. The summed E-state index contributed by atoms with van der Waals surface area (Å²) in [5.74, 6) is 0.500. The van der Waals surface area contributed by atoms with Gasteiger partial charge in [-0.05, 0) is 30.7 Å². The van der Waals surface area contributed by atoms with E-state index in [1.54, 1.807) is 4.90 Å². The van der Waals surface area contributed by atoms with E-state index in [0.29, 0.717) is 42.8 Å². The molecule has 0 spiro atoms. The molecule has 0 bridgehead atoms. The zero-order chi connectivity index (χ0) is 19.4. The molecular weight excluding hydrogens is 364 g/mol. The molecule has 1 aromatic heterocycles.